The second-order valence-corrected chi connectivity index (χ2v) is 10.2. The zero-order chi connectivity index (χ0) is 27.3. The first-order valence-corrected chi connectivity index (χ1v) is 12.9. The second-order valence-electron chi connectivity index (χ2n) is 9.80. The maximum atomic E-state index is 13.4. The van der Waals surface area contributed by atoms with E-state index in [1.54, 1.807) is 48.8 Å². The largest absolute Gasteiger partial charge is 0.468 e. The van der Waals surface area contributed by atoms with E-state index >= 15 is 0 Å². The molecule has 0 saturated heterocycles. The van der Waals surface area contributed by atoms with Gasteiger partial charge < -0.3 is 14.8 Å². The summed E-state index contributed by atoms with van der Waals surface area (Å²) < 4.78 is 10.1. The van der Waals surface area contributed by atoms with E-state index < -0.39 is 11.4 Å². The van der Waals surface area contributed by atoms with Gasteiger partial charge >= 0.3 is 11.9 Å². The van der Waals surface area contributed by atoms with Crippen molar-refractivity contribution in [2.75, 3.05) is 19.5 Å². The summed E-state index contributed by atoms with van der Waals surface area (Å²) in [7, 11) is 2.73. The number of hydrogen-bond donors (Lipinski definition) is 1. The lowest BCUT2D eigenvalue weighted by Crippen LogP contribution is -2.48. The van der Waals surface area contributed by atoms with E-state index in [-0.39, 0.29) is 29.6 Å². The fourth-order valence-corrected chi connectivity index (χ4v) is 5.78. The maximum Gasteiger partial charge on any atom is 0.337 e. The highest BCUT2D eigenvalue weighted by atomic mass is 35.5. The van der Waals surface area contributed by atoms with Gasteiger partial charge in [-0.05, 0) is 61.4 Å². The zero-order valence-corrected chi connectivity index (χ0v) is 22.4. The molecule has 7 nitrogen and oxygen atoms in total. The number of esters is 2. The number of pyridine rings is 1. The van der Waals surface area contributed by atoms with Crippen molar-refractivity contribution in [2.24, 2.45) is 23.2 Å². The third kappa shape index (κ3) is 5.73. The minimum Gasteiger partial charge on any atom is -0.468 e. The number of hydrogen-bond acceptors (Lipinski definition) is 6. The van der Waals surface area contributed by atoms with E-state index in [2.05, 4.69) is 16.4 Å². The first-order chi connectivity index (χ1) is 18.3. The van der Waals surface area contributed by atoms with Crippen LogP contribution in [0.15, 0.2) is 78.7 Å². The summed E-state index contributed by atoms with van der Waals surface area (Å²) in [6, 6.07) is 10.4. The van der Waals surface area contributed by atoms with Crippen LogP contribution in [0.4, 0.5) is 5.69 Å². The molecular weight excluding hydrogens is 504 g/mol. The molecule has 0 saturated carbocycles. The van der Waals surface area contributed by atoms with Crippen LogP contribution in [0.5, 0.6) is 0 Å². The maximum absolute atomic E-state index is 13.4. The summed E-state index contributed by atoms with van der Waals surface area (Å²) in [4.78, 5) is 41.9. The average molecular weight is 535 g/mol. The van der Waals surface area contributed by atoms with Crippen LogP contribution in [0, 0.1) is 23.2 Å². The van der Waals surface area contributed by atoms with E-state index in [1.807, 2.05) is 25.2 Å². The minimum absolute atomic E-state index is 0.0219. The molecule has 38 heavy (non-hydrogen) atoms. The summed E-state index contributed by atoms with van der Waals surface area (Å²) >= 11 is 6.75. The molecule has 4 rings (SSSR count). The highest BCUT2D eigenvalue weighted by molar-refractivity contribution is 6.48. The predicted octanol–water partition coefficient (Wildman–Crippen LogP) is 5.79. The van der Waals surface area contributed by atoms with Gasteiger partial charge in [0.1, 0.15) is 0 Å². The van der Waals surface area contributed by atoms with E-state index in [0.29, 0.717) is 29.1 Å². The quantitative estimate of drug-likeness (QED) is 0.356. The summed E-state index contributed by atoms with van der Waals surface area (Å²) in [6.45, 7) is 2.05. The molecule has 0 aliphatic heterocycles. The number of amides is 1. The molecule has 2 aromatic rings. The van der Waals surface area contributed by atoms with Crippen LogP contribution in [0.3, 0.4) is 0 Å². The smallest absolute Gasteiger partial charge is 0.337 e. The molecule has 0 radical (unpaired) electrons. The third-order valence-electron chi connectivity index (χ3n) is 7.33. The highest BCUT2D eigenvalue weighted by Gasteiger charge is 2.53. The second kappa shape index (κ2) is 11.8. The van der Waals surface area contributed by atoms with E-state index in [0.717, 1.165) is 17.6 Å². The summed E-state index contributed by atoms with van der Waals surface area (Å²) in [6.07, 6.45) is 12.8. The molecule has 4 atom stereocenters. The molecule has 0 bridgehead atoms. The number of nitrogens with one attached hydrogen (secondary N) is 1. The van der Waals surface area contributed by atoms with Gasteiger partial charge in [-0.3, -0.25) is 14.6 Å². The lowest BCUT2D eigenvalue weighted by Gasteiger charge is -2.47. The van der Waals surface area contributed by atoms with Crippen LogP contribution < -0.4 is 5.32 Å². The van der Waals surface area contributed by atoms with Gasteiger partial charge in [-0.2, -0.15) is 0 Å². The fourth-order valence-electron chi connectivity index (χ4n) is 5.52. The molecule has 2 aliphatic rings. The molecule has 0 unspecified atom stereocenters. The Morgan fingerprint density at radius 3 is 2.53 bits per heavy atom. The first-order valence-electron chi connectivity index (χ1n) is 12.5. The van der Waals surface area contributed by atoms with Crippen LogP contribution in [-0.2, 0) is 19.1 Å². The zero-order valence-electron chi connectivity index (χ0n) is 21.6. The van der Waals surface area contributed by atoms with Gasteiger partial charge in [-0.25, -0.2) is 4.79 Å². The van der Waals surface area contributed by atoms with Crippen LogP contribution in [0.2, 0.25) is 0 Å². The van der Waals surface area contributed by atoms with E-state index in [9.17, 15) is 14.4 Å². The van der Waals surface area contributed by atoms with E-state index in [4.69, 9.17) is 21.1 Å². The molecule has 1 amide bonds. The standard InChI is InChI=1S/C30H31ClN2O5/c1-19-13-23-15-20(16-27(34)33-25-5-4-12-32-18-25)10-11-30(23,29(36)38-3)24(14-19)17-26(31)21-6-8-22(9-7-21)28(35)37-2/h4-12,14,17-18,20,23-24H,13,15-16H2,1-3H3,(H,33,34)/b26-17-/t20-,23+,24+,30+/m1/s1. The topological polar surface area (TPSA) is 94.6 Å². The third-order valence-corrected chi connectivity index (χ3v) is 7.67. The molecule has 1 aromatic carbocycles. The number of benzene rings is 1. The first kappa shape index (κ1) is 27.3. The lowest BCUT2D eigenvalue weighted by atomic mass is 9.56. The lowest BCUT2D eigenvalue weighted by molar-refractivity contribution is -0.155. The van der Waals surface area contributed by atoms with Gasteiger partial charge in [-0.1, -0.05) is 53.6 Å². The Bertz CT molecular complexity index is 1290. The number of nitrogens with zero attached hydrogens (tertiary/aromatic N) is 1. The van der Waals surface area contributed by atoms with Gasteiger partial charge in [0.15, 0.2) is 0 Å². The van der Waals surface area contributed by atoms with Gasteiger partial charge in [0.2, 0.25) is 5.91 Å². The van der Waals surface area contributed by atoms with Crippen molar-refractivity contribution >= 4 is 40.2 Å². The number of methoxy groups -OCH3 is 2. The van der Waals surface area contributed by atoms with Crippen LogP contribution in [-0.4, -0.2) is 37.0 Å². The Labute approximate surface area is 227 Å². The number of allylic oxidation sites excluding steroid dienone is 4. The number of rotatable bonds is 7. The van der Waals surface area contributed by atoms with Gasteiger partial charge in [0.05, 0.1) is 37.1 Å². The Hall–Kier alpha value is -3.71. The molecule has 1 aromatic heterocycles. The fraction of sp³-hybridized carbons (Fsp3) is 0.333. The predicted molar refractivity (Wildman–Crippen MR) is 146 cm³/mol. The molecule has 1 heterocycles. The average Bonchev–Trinajstić information content (AvgIpc) is 2.92. The highest BCUT2D eigenvalue weighted by Crippen LogP contribution is 2.53. The van der Waals surface area contributed by atoms with Crippen LogP contribution in [0.25, 0.3) is 5.03 Å². The molecule has 198 valence electrons. The number of halogens is 1. The Kier molecular flexibility index (Phi) is 8.47. The van der Waals surface area contributed by atoms with E-state index in [1.165, 1.54) is 14.2 Å². The van der Waals surface area contributed by atoms with Crippen molar-refractivity contribution in [2.45, 2.75) is 26.2 Å². The van der Waals surface area contributed by atoms with Crippen LogP contribution >= 0.6 is 11.6 Å². The summed E-state index contributed by atoms with van der Waals surface area (Å²) in [5.74, 6) is -1.28. The SMILES string of the molecule is COC(=O)c1ccc(/C(Cl)=C/[C@@H]2C=C(C)C[C@H]3C[C@H](CC(=O)Nc4cccnc4)C=C[C@]32C(=O)OC)cc1. The van der Waals surface area contributed by atoms with Crippen molar-refractivity contribution in [1.82, 2.24) is 4.98 Å². The van der Waals surface area contributed by atoms with Crippen molar-refractivity contribution in [1.29, 1.82) is 0 Å². The number of ether oxygens (including phenoxy) is 2. The summed E-state index contributed by atoms with van der Waals surface area (Å²) in [5, 5.41) is 3.35. The van der Waals surface area contributed by atoms with Gasteiger partial charge in [0.25, 0.3) is 0 Å². The normalized spacial score (nSPS) is 24.6. The summed E-state index contributed by atoms with van der Waals surface area (Å²) in [5.41, 5.74) is 2.01. The monoisotopic (exact) mass is 534 g/mol. The number of carbonyl (C=O) groups is 3. The van der Waals surface area contributed by atoms with Gasteiger partial charge in [-0.15, -0.1) is 0 Å². The van der Waals surface area contributed by atoms with Crippen molar-refractivity contribution in [3.8, 4) is 0 Å². The van der Waals surface area contributed by atoms with Crippen molar-refractivity contribution in [3.63, 3.8) is 0 Å². The minimum atomic E-state index is -0.934. The molecule has 1 N–H and O–H groups in total. The number of aromatic nitrogens is 1. The molecule has 2 aliphatic carbocycles. The Balaban J connectivity index is 1.60. The van der Waals surface area contributed by atoms with Crippen molar-refractivity contribution < 1.29 is 23.9 Å². The molecule has 0 spiro atoms. The van der Waals surface area contributed by atoms with Gasteiger partial charge in [0, 0.05) is 23.6 Å². The Morgan fingerprint density at radius 2 is 1.87 bits per heavy atom. The number of carbonyl (C=O) groups excluding carboxylic acids is 3. The Morgan fingerprint density at radius 1 is 1.13 bits per heavy atom. The number of fused-ring (bicyclic) bond motifs is 1. The van der Waals surface area contributed by atoms with Crippen LogP contribution in [0.1, 0.15) is 42.1 Å². The van der Waals surface area contributed by atoms with Crippen molar-refractivity contribution in [3.05, 3.63) is 89.8 Å². The molecule has 8 heteroatoms. The molecular formula is C30H31ClN2O5. The number of anilines is 1. The molecule has 0 fully saturated rings.